The highest BCUT2D eigenvalue weighted by molar-refractivity contribution is 5.71. The summed E-state index contributed by atoms with van der Waals surface area (Å²) in [5.74, 6) is 0.939. The van der Waals surface area contributed by atoms with E-state index in [1.54, 1.807) is 0 Å². The van der Waals surface area contributed by atoms with Crippen LogP contribution in [0.3, 0.4) is 0 Å². The quantitative estimate of drug-likeness (QED) is 0.0503. The van der Waals surface area contributed by atoms with Crippen LogP contribution in [0, 0.1) is 11.8 Å². The maximum Gasteiger partial charge on any atom is 0.320 e. The molecule has 0 N–H and O–H groups in total. The molecular formula is C41H81NO5. The third-order valence-corrected chi connectivity index (χ3v) is 10.00. The van der Waals surface area contributed by atoms with Crippen LogP contribution in [0.15, 0.2) is 0 Å². The van der Waals surface area contributed by atoms with Gasteiger partial charge in [0, 0.05) is 0 Å². The Morgan fingerprint density at radius 1 is 0.617 bits per heavy atom. The highest BCUT2D eigenvalue weighted by Gasteiger charge is 2.40. The molecule has 1 rings (SSSR count). The van der Waals surface area contributed by atoms with Crippen LogP contribution in [0.4, 0.5) is 0 Å². The van der Waals surface area contributed by atoms with Crippen molar-refractivity contribution in [3.8, 4) is 0 Å². The van der Waals surface area contributed by atoms with Gasteiger partial charge in [-0.2, -0.15) is 0 Å². The first-order valence-electron chi connectivity index (χ1n) is 20.6. The van der Waals surface area contributed by atoms with Gasteiger partial charge in [0.1, 0.15) is 24.9 Å². The van der Waals surface area contributed by atoms with Gasteiger partial charge < -0.3 is 18.9 Å². The maximum absolute atomic E-state index is 12.4. The Balaban J connectivity index is 2.85. The molecule has 0 radical (unpaired) electrons. The molecule has 0 aromatic heterocycles. The van der Waals surface area contributed by atoms with E-state index >= 15 is 0 Å². The number of carbonyl (C=O) groups excluding carboxylic acids is 1. The molecular weight excluding hydrogens is 586 g/mol. The molecule has 0 aliphatic carbocycles. The van der Waals surface area contributed by atoms with Gasteiger partial charge in [0.25, 0.3) is 0 Å². The molecule has 6 heteroatoms. The second kappa shape index (κ2) is 31.3. The number of esters is 1. The molecule has 6 nitrogen and oxygen atoms in total. The van der Waals surface area contributed by atoms with E-state index in [4.69, 9.17) is 18.9 Å². The van der Waals surface area contributed by atoms with E-state index in [9.17, 15) is 4.79 Å². The van der Waals surface area contributed by atoms with E-state index < -0.39 is 0 Å². The predicted molar refractivity (Wildman–Crippen MR) is 199 cm³/mol. The summed E-state index contributed by atoms with van der Waals surface area (Å²) in [5.41, 5.74) is 0. The lowest BCUT2D eigenvalue weighted by molar-refractivity contribution is -0.150. The van der Waals surface area contributed by atoms with Crippen molar-refractivity contribution in [2.24, 2.45) is 11.8 Å². The Morgan fingerprint density at radius 2 is 1.02 bits per heavy atom. The zero-order valence-electron chi connectivity index (χ0n) is 32.4. The third kappa shape index (κ3) is 24.2. The SMILES string of the molecule is CCCCCCCCC(CCCCCC)CO[C@@H]1[C@@H](OCC(CCCCCC)CCCCCCCC)CO[C@@H]1COC(=O)CN(C)C. The first-order valence-corrected chi connectivity index (χ1v) is 20.6. The van der Waals surface area contributed by atoms with Gasteiger partial charge in [0.2, 0.25) is 0 Å². The monoisotopic (exact) mass is 668 g/mol. The van der Waals surface area contributed by atoms with Crippen molar-refractivity contribution in [1.82, 2.24) is 4.90 Å². The fourth-order valence-corrected chi connectivity index (χ4v) is 6.90. The van der Waals surface area contributed by atoms with Gasteiger partial charge in [-0.15, -0.1) is 0 Å². The highest BCUT2D eigenvalue weighted by atomic mass is 16.6. The van der Waals surface area contributed by atoms with Gasteiger partial charge in [-0.05, 0) is 51.6 Å². The molecule has 0 aromatic rings. The number of nitrogens with zero attached hydrogens (tertiary/aromatic N) is 1. The van der Waals surface area contributed by atoms with Crippen molar-refractivity contribution >= 4 is 5.97 Å². The van der Waals surface area contributed by atoms with Crippen LogP contribution in [-0.2, 0) is 23.7 Å². The van der Waals surface area contributed by atoms with Crippen LogP contribution < -0.4 is 0 Å². The second-order valence-electron chi connectivity index (χ2n) is 15.0. The topological polar surface area (TPSA) is 57.2 Å². The number of hydrogen-bond acceptors (Lipinski definition) is 6. The van der Waals surface area contributed by atoms with Crippen LogP contribution >= 0.6 is 0 Å². The molecule has 0 saturated carbocycles. The van der Waals surface area contributed by atoms with Crippen molar-refractivity contribution in [1.29, 1.82) is 0 Å². The van der Waals surface area contributed by atoms with Crippen molar-refractivity contribution in [3.05, 3.63) is 0 Å². The molecule has 47 heavy (non-hydrogen) atoms. The molecule has 1 aliphatic rings. The highest BCUT2D eigenvalue weighted by Crippen LogP contribution is 2.27. The summed E-state index contributed by atoms with van der Waals surface area (Å²) in [5, 5.41) is 0. The molecule has 0 aromatic carbocycles. The molecule has 280 valence electrons. The van der Waals surface area contributed by atoms with E-state index in [1.807, 2.05) is 19.0 Å². The standard InChI is InChI=1S/C41H81NO5/c1-7-11-15-19-21-25-29-36(27-23-17-13-9-3)32-44-38-34-45-39(35-46-40(43)31-42(5)6)41(38)47-33-37(28-24-18-14-10-4)30-26-22-20-16-12-8-2/h36-39,41H,7-35H2,1-6H3/t36?,37?,38-,39+,41+/m0/s1. The zero-order valence-corrected chi connectivity index (χ0v) is 32.4. The van der Waals surface area contributed by atoms with E-state index in [0.717, 1.165) is 13.2 Å². The van der Waals surface area contributed by atoms with Crippen molar-refractivity contribution in [2.75, 3.05) is 47.1 Å². The average Bonchev–Trinajstić information content (AvgIpc) is 3.45. The average molecular weight is 668 g/mol. The molecule has 5 atom stereocenters. The number of unbranched alkanes of at least 4 members (excludes halogenated alkanes) is 16. The van der Waals surface area contributed by atoms with Crippen molar-refractivity contribution < 1.29 is 23.7 Å². The smallest absolute Gasteiger partial charge is 0.320 e. The summed E-state index contributed by atoms with van der Waals surface area (Å²) < 4.78 is 25.4. The molecule has 0 spiro atoms. The zero-order chi connectivity index (χ0) is 34.4. The Kier molecular flexibility index (Phi) is 29.5. The Bertz CT molecular complexity index is 689. The summed E-state index contributed by atoms with van der Waals surface area (Å²) >= 11 is 0. The Hall–Kier alpha value is -0.690. The van der Waals surface area contributed by atoms with Crippen LogP contribution in [0.5, 0.6) is 0 Å². The van der Waals surface area contributed by atoms with Crippen molar-refractivity contribution in [3.63, 3.8) is 0 Å². The molecule has 2 unspecified atom stereocenters. The second-order valence-corrected chi connectivity index (χ2v) is 15.0. The minimum atomic E-state index is -0.275. The Labute approximate surface area is 293 Å². The summed E-state index contributed by atoms with van der Waals surface area (Å²) in [6, 6.07) is 0. The fraction of sp³-hybridized carbons (Fsp3) is 0.976. The van der Waals surface area contributed by atoms with E-state index in [-0.39, 0.29) is 37.4 Å². The summed E-state index contributed by atoms with van der Waals surface area (Å²) in [4.78, 5) is 14.2. The normalized spacial score (nSPS) is 19.4. The first-order chi connectivity index (χ1) is 22.9. The molecule has 0 amide bonds. The molecule has 1 saturated heterocycles. The number of carbonyl (C=O) groups is 1. The van der Waals surface area contributed by atoms with Crippen LogP contribution in [0.25, 0.3) is 0 Å². The Morgan fingerprint density at radius 3 is 1.47 bits per heavy atom. The molecule has 1 heterocycles. The summed E-state index contributed by atoms with van der Waals surface area (Å²) in [6.07, 6.45) is 30.8. The number of likely N-dealkylation sites (N-methyl/N-ethyl adjacent to an activating group) is 1. The number of rotatable bonds is 34. The first kappa shape index (κ1) is 44.3. The van der Waals surface area contributed by atoms with E-state index in [1.165, 1.54) is 154 Å². The van der Waals surface area contributed by atoms with Crippen LogP contribution in [0.2, 0.25) is 0 Å². The minimum Gasteiger partial charge on any atom is -0.462 e. The van der Waals surface area contributed by atoms with Gasteiger partial charge in [0.05, 0.1) is 26.4 Å². The lowest BCUT2D eigenvalue weighted by atomic mass is 9.94. The number of ether oxygens (including phenoxy) is 4. The predicted octanol–water partition coefficient (Wildman–Crippen LogP) is 10.9. The number of hydrogen-bond donors (Lipinski definition) is 0. The maximum atomic E-state index is 12.4. The molecule has 1 fully saturated rings. The van der Waals surface area contributed by atoms with Gasteiger partial charge >= 0.3 is 5.97 Å². The van der Waals surface area contributed by atoms with Crippen LogP contribution in [-0.4, -0.2) is 76.2 Å². The van der Waals surface area contributed by atoms with Gasteiger partial charge in [-0.25, -0.2) is 0 Å². The molecule has 1 aliphatic heterocycles. The van der Waals surface area contributed by atoms with Gasteiger partial charge in [-0.3, -0.25) is 9.69 Å². The molecule has 0 bridgehead atoms. The lowest BCUT2D eigenvalue weighted by Gasteiger charge is -2.27. The van der Waals surface area contributed by atoms with Gasteiger partial charge in [-0.1, -0.05) is 156 Å². The van der Waals surface area contributed by atoms with E-state index in [0.29, 0.717) is 18.4 Å². The lowest BCUT2D eigenvalue weighted by Crippen LogP contribution is -2.40. The summed E-state index contributed by atoms with van der Waals surface area (Å²) in [7, 11) is 3.77. The fourth-order valence-electron chi connectivity index (χ4n) is 6.90. The van der Waals surface area contributed by atoms with Crippen molar-refractivity contribution in [2.45, 2.75) is 200 Å². The van der Waals surface area contributed by atoms with E-state index in [2.05, 4.69) is 27.7 Å². The summed E-state index contributed by atoms with van der Waals surface area (Å²) in [6.45, 7) is 11.7. The third-order valence-electron chi connectivity index (χ3n) is 10.00. The minimum absolute atomic E-state index is 0.106. The van der Waals surface area contributed by atoms with Crippen LogP contribution in [0.1, 0.15) is 182 Å². The van der Waals surface area contributed by atoms with Gasteiger partial charge in [0.15, 0.2) is 0 Å². The largest absolute Gasteiger partial charge is 0.462 e.